The zero-order valence-corrected chi connectivity index (χ0v) is 17.1. The van der Waals surface area contributed by atoms with Crippen molar-refractivity contribution in [3.05, 3.63) is 48.8 Å². The van der Waals surface area contributed by atoms with Crippen LogP contribution in [0.2, 0.25) is 0 Å². The van der Waals surface area contributed by atoms with Crippen molar-refractivity contribution >= 4 is 40.1 Å². The van der Waals surface area contributed by atoms with E-state index in [9.17, 15) is 4.79 Å². The molecule has 2 amide bonds. The molecule has 1 aliphatic carbocycles. The van der Waals surface area contributed by atoms with E-state index >= 15 is 0 Å². The maximum atomic E-state index is 12.4. The number of carbonyl (C=O) groups excluding carboxylic acids is 1. The van der Waals surface area contributed by atoms with Gasteiger partial charge >= 0.3 is 6.03 Å². The van der Waals surface area contributed by atoms with Crippen molar-refractivity contribution in [2.24, 2.45) is 0 Å². The number of urea groups is 1. The lowest BCUT2D eigenvalue weighted by Gasteiger charge is -2.10. The lowest BCUT2D eigenvalue weighted by atomic mass is 10.1. The standard InChI is InChI=1S/C21H19N9O2/c1-11-8-16(32-28-11)27-21(31)26-14-4-5-15(29-7-6-23-19(14)29)13-9-30(12-2-3-12)20-17(13)18(22)24-10-25-20/h4-10,12H,2-3H2,1H3,(H2,22,24,25)(H2,26,27,31). The largest absolute Gasteiger partial charge is 0.383 e. The number of pyridine rings is 1. The molecule has 1 fully saturated rings. The highest BCUT2D eigenvalue weighted by molar-refractivity contribution is 6.03. The molecule has 0 atom stereocenters. The minimum atomic E-state index is -0.457. The normalized spacial score (nSPS) is 13.7. The molecular weight excluding hydrogens is 410 g/mol. The molecular formula is C21H19N9O2. The minimum absolute atomic E-state index is 0.263. The molecule has 4 N–H and O–H groups in total. The van der Waals surface area contributed by atoms with E-state index in [-0.39, 0.29) is 5.88 Å². The molecule has 0 saturated heterocycles. The van der Waals surface area contributed by atoms with Gasteiger partial charge in [0.1, 0.15) is 17.8 Å². The number of anilines is 3. The SMILES string of the molecule is Cc1cc(NC(=O)Nc2ccc(-c3cn(C4CC4)c4ncnc(N)c34)n3ccnc23)on1. The van der Waals surface area contributed by atoms with Crippen LogP contribution < -0.4 is 16.4 Å². The van der Waals surface area contributed by atoms with E-state index in [1.165, 1.54) is 6.33 Å². The zero-order valence-electron chi connectivity index (χ0n) is 17.1. The molecule has 1 saturated carbocycles. The van der Waals surface area contributed by atoms with E-state index in [4.69, 9.17) is 10.3 Å². The van der Waals surface area contributed by atoms with Crippen molar-refractivity contribution < 1.29 is 9.32 Å². The number of imidazole rings is 1. The van der Waals surface area contributed by atoms with Gasteiger partial charge in [0.15, 0.2) is 5.65 Å². The van der Waals surface area contributed by atoms with Gasteiger partial charge in [-0.1, -0.05) is 5.16 Å². The molecule has 0 unspecified atom stereocenters. The van der Waals surface area contributed by atoms with Crippen molar-refractivity contribution in [3.63, 3.8) is 0 Å². The van der Waals surface area contributed by atoms with Crippen LogP contribution in [0.1, 0.15) is 24.6 Å². The number of nitrogens with one attached hydrogen (secondary N) is 2. The summed E-state index contributed by atoms with van der Waals surface area (Å²) < 4.78 is 9.11. The number of aromatic nitrogens is 6. The first-order valence-electron chi connectivity index (χ1n) is 10.2. The van der Waals surface area contributed by atoms with E-state index in [0.717, 1.165) is 35.1 Å². The van der Waals surface area contributed by atoms with Crippen molar-refractivity contribution in [2.75, 3.05) is 16.4 Å². The molecule has 0 bridgehead atoms. The van der Waals surface area contributed by atoms with Gasteiger partial charge in [0.25, 0.3) is 0 Å². The van der Waals surface area contributed by atoms with E-state index in [1.807, 2.05) is 22.7 Å². The van der Waals surface area contributed by atoms with Gasteiger partial charge in [0.2, 0.25) is 5.88 Å². The number of nitrogens with zero attached hydrogens (tertiary/aromatic N) is 6. The molecule has 6 rings (SSSR count). The van der Waals surface area contributed by atoms with Crippen LogP contribution >= 0.6 is 0 Å². The Morgan fingerprint density at radius 1 is 1.19 bits per heavy atom. The summed E-state index contributed by atoms with van der Waals surface area (Å²) in [7, 11) is 0. The number of hydrogen-bond acceptors (Lipinski definition) is 7. The van der Waals surface area contributed by atoms with Gasteiger partial charge in [-0.2, -0.15) is 0 Å². The Labute approximate surface area is 181 Å². The van der Waals surface area contributed by atoms with Gasteiger partial charge < -0.3 is 20.1 Å². The van der Waals surface area contributed by atoms with Crippen LogP contribution in [-0.4, -0.2) is 35.1 Å². The Kier molecular flexibility index (Phi) is 3.90. The van der Waals surface area contributed by atoms with Crippen molar-refractivity contribution in [1.82, 2.24) is 29.1 Å². The molecule has 5 aromatic heterocycles. The van der Waals surface area contributed by atoms with E-state index in [0.29, 0.717) is 28.9 Å². The first-order chi connectivity index (χ1) is 15.6. The average Bonchev–Trinajstić information content (AvgIpc) is 3.17. The fourth-order valence-corrected chi connectivity index (χ4v) is 3.95. The second-order valence-corrected chi connectivity index (χ2v) is 7.80. The number of nitrogen functional groups attached to an aromatic ring is 1. The predicted molar refractivity (Wildman–Crippen MR) is 118 cm³/mol. The first-order valence-corrected chi connectivity index (χ1v) is 10.2. The second-order valence-electron chi connectivity index (χ2n) is 7.80. The Hall–Kier alpha value is -4.41. The molecule has 0 radical (unpaired) electrons. The molecule has 1 aliphatic rings. The van der Waals surface area contributed by atoms with Crippen LogP contribution in [0.25, 0.3) is 27.9 Å². The predicted octanol–water partition coefficient (Wildman–Crippen LogP) is 3.60. The second kappa shape index (κ2) is 6.80. The van der Waals surface area contributed by atoms with Crippen LogP contribution in [0.5, 0.6) is 0 Å². The topological polar surface area (TPSA) is 141 Å². The van der Waals surface area contributed by atoms with Gasteiger partial charge in [-0.3, -0.25) is 9.72 Å². The van der Waals surface area contributed by atoms with Crippen LogP contribution in [-0.2, 0) is 0 Å². The zero-order chi connectivity index (χ0) is 21.8. The van der Waals surface area contributed by atoms with Crippen LogP contribution in [0.15, 0.2) is 47.6 Å². The summed E-state index contributed by atoms with van der Waals surface area (Å²) in [6, 6.07) is 5.34. The third-order valence-corrected chi connectivity index (χ3v) is 5.52. The van der Waals surface area contributed by atoms with Crippen molar-refractivity contribution in [1.29, 1.82) is 0 Å². The fraction of sp³-hybridized carbons (Fsp3) is 0.190. The smallest absolute Gasteiger partial charge is 0.326 e. The number of fused-ring (bicyclic) bond motifs is 2. The average molecular weight is 429 g/mol. The number of amides is 2. The van der Waals surface area contributed by atoms with Gasteiger partial charge in [-0.15, -0.1) is 0 Å². The summed E-state index contributed by atoms with van der Waals surface area (Å²) in [4.78, 5) is 25.6. The highest BCUT2D eigenvalue weighted by Crippen LogP contribution is 2.42. The Balaban J connectivity index is 1.41. The molecule has 32 heavy (non-hydrogen) atoms. The van der Waals surface area contributed by atoms with Crippen molar-refractivity contribution in [2.45, 2.75) is 25.8 Å². The lowest BCUT2D eigenvalue weighted by Crippen LogP contribution is -2.19. The van der Waals surface area contributed by atoms with Gasteiger partial charge in [-0.05, 0) is 31.9 Å². The Morgan fingerprint density at radius 3 is 2.84 bits per heavy atom. The molecule has 0 aliphatic heterocycles. The van der Waals surface area contributed by atoms with Crippen molar-refractivity contribution in [3.8, 4) is 11.3 Å². The first kappa shape index (κ1) is 18.4. The minimum Gasteiger partial charge on any atom is -0.383 e. The number of carbonyl (C=O) groups is 1. The number of aryl methyl sites for hydroxylation is 1. The molecule has 5 heterocycles. The fourth-order valence-electron chi connectivity index (χ4n) is 3.95. The third kappa shape index (κ3) is 2.94. The molecule has 11 heteroatoms. The number of nitrogens with two attached hydrogens (primary N) is 1. The molecule has 0 spiro atoms. The van der Waals surface area contributed by atoms with E-state index < -0.39 is 6.03 Å². The lowest BCUT2D eigenvalue weighted by molar-refractivity contribution is 0.261. The molecule has 11 nitrogen and oxygen atoms in total. The maximum absolute atomic E-state index is 12.4. The molecule has 0 aromatic carbocycles. The summed E-state index contributed by atoms with van der Waals surface area (Å²) in [5, 5.41) is 10.0. The third-order valence-electron chi connectivity index (χ3n) is 5.52. The summed E-state index contributed by atoms with van der Waals surface area (Å²) in [6.07, 6.45) is 9.34. The highest BCUT2D eigenvalue weighted by atomic mass is 16.5. The monoisotopic (exact) mass is 429 g/mol. The summed E-state index contributed by atoms with van der Waals surface area (Å²) in [5.74, 6) is 0.695. The Morgan fingerprint density at radius 2 is 2.06 bits per heavy atom. The van der Waals surface area contributed by atoms with Crippen LogP contribution in [0, 0.1) is 6.92 Å². The van der Waals surface area contributed by atoms with E-state index in [1.54, 1.807) is 19.2 Å². The van der Waals surface area contributed by atoms with Gasteiger partial charge in [-0.25, -0.2) is 19.7 Å². The van der Waals surface area contributed by atoms with Crippen LogP contribution in [0.4, 0.5) is 22.2 Å². The number of rotatable bonds is 4. The van der Waals surface area contributed by atoms with E-state index in [2.05, 4.69) is 41.5 Å². The quantitative estimate of drug-likeness (QED) is 0.396. The van der Waals surface area contributed by atoms with Crippen LogP contribution in [0.3, 0.4) is 0 Å². The summed E-state index contributed by atoms with van der Waals surface area (Å²) in [6.45, 7) is 1.78. The molecule has 5 aromatic rings. The Bertz CT molecular complexity index is 1490. The molecule has 160 valence electrons. The number of hydrogen-bond donors (Lipinski definition) is 3. The highest BCUT2D eigenvalue weighted by Gasteiger charge is 2.28. The summed E-state index contributed by atoms with van der Waals surface area (Å²) >= 11 is 0. The summed E-state index contributed by atoms with van der Waals surface area (Å²) in [5.41, 5.74) is 10.7. The van der Waals surface area contributed by atoms with Gasteiger partial charge in [0.05, 0.1) is 22.5 Å². The van der Waals surface area contributed by atoms with Gasteiger partial charge in [0, 0.05) is 36.3 Å². The maximum Gasteiger partial charge on any atom is 0.326 e.